The Morgan fingerprint density at radius 3 is 0.881 bits per heavy atom. The lowest BCUT2D eigenvalue weighted by atomic mass is 9.84. The molecule has 4 fully saturated rings. The number of pyridine rings is 5. The van der Waals surface area contributed by atoms with Crippen molar-refractivity contribution in [3.05, 3.63) is 226 Å². The lowest BCUT2D eigenvalue weighted by molar-refractivity contribution is 0.0516. The number of carbonyl (C=O) groups is 7. The van der Waals surface area contributed by atoms with Crippen LogP contribution in [0.2, 0.25) is 5.82 Å². The van der Waals surface area contributed by atoms with Gasteiger partial charge >= 0.3 is 49.2 Å². The number of carboxylic acids is 1. The number of nitrogens with zero attached hydrogens (tertiary/aromatic N) is 5. The highest BCUT2D eigenvalue weighted by molar-refractivity contribution is 9.10. The van der Waals surface area contributed by atoms with Gasteiger partial charge in [0.1, 0.15) is 84.4 Å². The molecule has 4 aliphatic carbocycles. The number of rotatable bonds is 15. The third-order valence-electron chi connectivity index (χ3n) is 21.0. The van der Waals surface area contributed by atoms with Crippen LogP contribution in [0, 0.1) is 0 Å². The molecule has 4 saturated carbocycles. The summed E-state index contributed by atoms with van der Waals surface area (Å²) in [7, 11) is -1.04. The van der Waals surface area contributed by atoms with Gasteiger partial charge in [0.15, 0.2) is 11.6 Å². The van der Waals surface area contributed by atoms with Crippen molar-refractivity contribution in [3.63, 3.8) is 0 Å². The van der Waals surface area contributed by atoms with E-state index in [1.807, 2.05) is 36.4 Å². The molecule has 10 heterocycles. The van der Waals surface area contributed by atoms with Gasteiger partial charge in [-0.25, -0.2) is 33.6 Å². The molecule has 4 aliphatic rings. The zero-order valence-electron chi connectivity index (χ0n) is 73.9. The average Bonchev–Trinajstić information content (AvgIpc) is 1.22. The van der Waals surface area contributed by atoms with Crippen molar-refractivity contribution < 1.29 is 99.2 Å². The van der Waals surface area contributed by atoms with Gasteiger partial charge in [-0.15, -0.1) is 0 Å². The molecule has 39 heteroatoms. The summed E-state index contributed by atoms with van der Waals surface area (Å²) in [6.45, 7) is 17.6. The summed E-state index contributed by atoms with van der Waals surface area (Å²) in [5.74, 6) is -2.60. The summed E-state index contributed by atoms with van der Waals surface area (Å²) in [6, 6.07) is 33.4. The van der Waals surface area contributed by atoms with Crippen LogP contribution in [0.1, 0.15) is 207 Å². The number of halogens is 2. The maximum absolute atomic E-state index is 13.2. The lowest BCUT2D eigenvalue weighted by Gasteiger charge is -2.20. The largest absolute Gasteiger partial charge is 0.478 e. The van der Waals surface area contributed by atoms with Crippen molar-refractivity contribution in [2.45, 2.75) is 155 Å². The molecule has 36 nitrogen and oxygen atoms in total. The fourth-order valence-electron chi connectivity index (χ4n) is 14.0. The number of esters is 4. The van der Waals surface area contributed by atoms with Crippen molar-refractivity contribution in [1.29, 1.82) is 0 Å². The van der Waals surface area contributed by atoms with Crippen molar-refractivity contribution in [3.8, 4) is 0 Å². The molecule has 0 aliphatic heterocycles. The molecule has 692 valence electrons. The fourth-order valence-corrected chi connectivity index (χ4v) is 14.7. The van der Waals surface area contributed by atoms with E-state index >= 15 is 0 Å². The number of carboxylic acid groups (broad SMARTS) is 1. The van der Waals surface area contributed by atoms with E-state index in [2.05, 4.69) is 67.4 Å². The van der Waals surface area contributed by atoms with E-state index in [1.54, 1.807) is 124 Å². The monoisotopic (exact) mass is 1950 g/mol. The van der Waals surface area contributed by atoms with Crippen LogP contribution in [0.4, 0.5) is 38.7 Å². The second-order valence-corrected chi connectivity index (χ2v) is 35.3. The number of hydrogen-bond acceptors (Lipinski definition) is 33. The summed E-state index contributed by atoms with van der Waals surface area (Å²) in [6.07, 6.45) is 7.18. The Morgan fingerprint density at radius 2 is 0.627 bits per heavy atom. The first-order valence-electron chi connectivity index (χ1n) is 42.6. The normalized spacial score (nSPS) is 13.4. The third-order valence-corrected chi connectivity index (χ3v) is 22.0. The maximum atomic E-state index is 13.2. The standard InChI is InChI=1S/C23H24N2O6.C20H19BrN2O6.C18H16N2O4.C16H12N2O4.C15H11BrN2O4.C3H7BO2/c1-5-29-21(27)16-11-15-18(26)14-10-13(12-6-7-12)8-9-17(14)30-20(15)24-19(16)25-22(28)31-23(2,3)4;1-5-27-18(25)13-9-12-15(24)11-8-10(21)6-7-14(11)28-17(12)22-16(13)23-19(26)29-20(2,3)4;1-2-23-18(22)13-8-12-15(21)11-7-10(9-3-4-9)5-6-14(11)24-17(12)20-16(13)19;17-14-11(16(20)21)6-10-13(19)9-5-8(7-1-2-7)3-4-12(9)22-15(10)18-14;1-2-21-15(20)10-6-9-12(19)8-5-7(16)3-4-11(8)22-14(9)18-13(10)17;5-4(6)3-1-2-3/h8-12H,5-7H2,1-4H3,(H,24,25,28);6-9H,5H2,1-4H3,(H,22,23,26);5-9H,2-4H2,1H3,(H2,19,20);3-7H,1-2H2,(H2,17,18)(H,20,21);3-6H,2H2,1H3,(H2,17,18);3,5-6H,1-2H2. The number of anilines is 5. The Labute approximate surface area is 775 Å². The summed E-state index contributed by atoms with van der Waals surface area (Å²) >= 11 is 6.63. The van der Waals surface area contributed by atoms with Crippen LogP contribution < -0.4 is 55.0 Å². The van der Waals surface area contributed by atoms with Crippen LogP contribution in [0.25, 0.3) is 110 Å². The zero-order valence-corrected chi connectivity index (χ0v) is 77.0. The predicted molar refractivity (Wildman–Crippen MR) is 507 cm³/mol. The molecule has 0 bridgehead atoms. The smallest absolute Gasteiger partial charge is 0.454 e. The highest BCUT2D eigenvalue weighted by Gasteiger charge is 2.34. The Balaban J connectivity index is 0.000000133. The number of nitrogens with one attached hydrogen (secondary N) is 2. The van der Waals surface area contributed by atoms with Gasteiger partial charge in [-0.05, 0) is 251 Å². The number of carbonyl (C=O) groups excluding carboxylic acids is 6. The second kappa shape index (κ2) is 39.5. The van der Waals surface area contributed by atoms with E-state index in [0.29, 0.717) is 77.1 Å². The number of hydrogen-bond donors (Lipinski definition) is 8. The Kier molecular flexibility index (Phi) is 28.1. The van der Waals surface area contributed by atoms with Crippen LogP contribution in [0.15, 0.2) is 176 Å². The number of benzene rings is 5. The van der Waals surface area contributed by atoms with Gasteiger partial charge in [0, 0.05) is 8.95 Å². The number of fused-ring (bicyclic) bond motifs is 10. The fraction of sp³-hybridized carbons (Fsp3) is 0.295. The van der Waals surface area contributed by atoms with Gasteiger partial charge in [-0.1, -0.05) is 62.9 Å². The molecule has 5 aromatic carbocycles. The van der Waals surface area contributed by atoms with E-state index in [1.165, 1.54) is 30.3 Å². The molecule has 0 spiro atoms. The van der Waals surface area contributed by atoms with Crippen LogP contribution in [-0.2, 0) is 28.4 Å². The molecule has 15 aromatic rings. The van der Waals surface area contributed by atoms with E-state index < -0.39 is 60.4 Å². The first-order valence-corrected chi connectivity index (χ1v) is 44.2. The zero-order chi connectivity index (χ0) is 96.4. The molecule has 2 amide bonds. The number of nitrogens with two attached hydrogens (primary N) is 3. The Hall–Kier alpha value is -14.6. The number of aromatic nitrogens is 5. The minimum Gasteiger partial charge on any atom is -0.478 e. The lowest BCUT2D eigenvalue weighted by Crippen LogP contribution is -2.28. The average molecular weight is 1960 g/mol. The van der Waals surface area contributed by atoms with Crippen LogP contribution in [-0.4, -0.2) is 127 Å². The van der Waals surface area contributed by atoms with Gasteiger partial charge in [-0.2, -0.15) is 24.9 Å². The van der Waals surface area contributed by atoms with Crippen molar-refractivity contribution in [2.24, 2.45) is 0 Å². The summed E-state index contributed by atoms with van der Waals surface area (Å²) in [4.78, 5) is 169. The van der Waals surface area contributed by atoms with Crippen LogP contribution >= 0.6 is 31.9 Å². The second-order valence-electron chi connectivity index (χ2n) is 33.5. The number of ether oxygens (including phenoxy) is 6. The summed E-state index contributed by atoms with van der Waals surface area (Å²) in [5.41, 5.74) is 19.7. The minimum atomic E-state index is -1.22. The molecule has 10 aromatic heterocycles. The Morgan fingerprint density at radius 1 is 0.373 bits per heavy atom. The summed E-state index contributed by atoms with van der Waals surface area (Å²) in [5, 5.41) is 33.4. The van der Waals surface area contributed by atoms with Gasteiger partial charge in [0.05, 0.1) is 80.3 Å². The molecule has 0 saturated heterocycles. The van der Waals surface area contributed by atoms with E-state index in [0.717, 1.165) is 72.5 Å². The van der Waals surface area contributed by atoms with Gasteiger partial charge in [0.25, 0.3) is 0 Å². The van der Waals surface area contributed by atoms with Gasteiger partial charge in [0.2, 0.25) is 55.7 Å². The van der Waals surface area contributed by atoms with Crippen LogP contribution in [0.5, 0.6) is 0 Å². The van der Waals surface area contributed by atoms with Crippen molar-refractivity contribution in [2.75, 3.05) is 54.3 Å². The van der Waals surface area contributed by atoms with Gasteiger partial charge < -0.3 is 82.9 Å². The Bertz CT molecular complexity index is 7640. The molecule has 0 unspecified atom stereocenters. The van der Waals surface area contributed by atoms with E-state index in [4.69, 9.17) is 82.9 Å². The maximum Gasteiger partial charge on any atom is 0.454 e. The minimum absolute atomic E-state index is 0.00998. The summed E-state index contributed by atoms with van der Waals surface area (Å²) < 4.78 is 60.4. The third kappa shape index (κ3) is 22.1. The highest BCUT2D eigenvalue weighted by atomic mass is 79.9. The quantitative estimate of drug-likeness (QED) is 0.0204. The number of nitrogen functional groups attached to an aromatic ring is 3. The van der Waals surface area contributed by atoms with E-state index in [9.17, 15) is 57.5 Å². The first kappa shape index (κ1) is 95.5. The predicted octanol–water partition coefficient (Wildman–Crippen LogP) is 17.3. The SMILES string of the molecule is CCOC(=O)c1cc2c(=O)c3cc(Br)ccc3oc2nc1N.CCOC(=O)c1cc2c(=O)c3cc(Br)ccc3oc2nc1NC(=O)OC(C)(C)C.CCOC(=O)c1cc2c(=O)c3cc(C4CC4)ccc3oc2nc1N.CCOC(=O)c1cc2c(=O)c3cc(C4CC4)ccc3oc2nc1NC(=O)OC(C)(C)C.Nc1nc2oc3ccc(C4CC4)cc3c(=O)c2cc1C(=O)O.OB(O)C1CC1. The highest BCUT2D eigenvalue weighted by Crippen LogP contribution is 2.44. The molecule has 0 atom stereocenters. The number of aromatic carboxylic acids is 1. The molecule has 19 rings (SSSR count). The van der Waals surface area contributed by atoms with Gasteiger partial charge in [-0.3, -0.25) is 34.6 Å². The number of amides is 2. The van der Waals surface area contributed by atoms with Crippen molar-refractivity contribution >= 4 is 220 Å². The topological polar surface area (TPSA) is 553 Å². The molecular formula is C95H89BBr2N10O26. The molecule has 11 N–H and O–H groups in total. The van der Waals surface area contributed by atoms with Crippen LogP contribution in [0.3, 0.4) is 0 Å². The molecular weight excluding hydrogens is 1870 g/mol. The first-order chi connectivity index (χ1) is 63.7. The molecule has 134 heavy (non-hydrogen) atoms. The van der Waals surface area contributed by atoms with E-state index in [-0.39, 0.29) is 172 Å². The van der Waals surface area contributed by atoms with Crippen molar-refractivity contribution in [1.82, 2.24) is 24.9 Å². The molecule has 0 radical (unpaired) electrons.